The number of anilines is 1. The van der Waals surface area contributed by atoms with E-state index in [1.54, 1.807) is 25.2 Å². The van der Waals surface area contributed by atoms with Crippen molar-refractivity contribution in [3.63, 3.8) is 0 Å². The molecule has 0 unspecified atom stereocenters. The van der Waals surface area contributed by atoms with Crippen LogP contribution in [0.4, 0.5) is 5.69 Å². The highest BCUT2D eigenvalue weighted by Gasteiger charge is 2.08. The maximum atomic E-state index is 11.2. The lowest BCUT2D eigenvalue weighted by atomic mass is 10.0. The highest BCUT2D eigenvalue weighted by molar-refractivity contribution is 6.02. The van der Waals surface area contributed by atoms with Crippen LogP contribution in [0, 0.1) is 0 Å². The Kier molecular flexibility index (Phi) is 3.02. The third kappa shape index (κ3) is 1.99. The first-order chi connectivity index (χ1) is 6.56. The molecule has 1 aromatic rings. The summed E-state index contributed by atoms with van der Waals surface area (Å²) in [7, 11) is 1.73. The molecular weight excluding hydrogens is 178 g/mol. The van der Waals surface area contributed by atoms with Crippen LogP contribution >= 0.6 is 0 Å². The third-order valence-corrected chi connectivity index (χ3v) is 2.07. The maximum absolute atomic E-state index is 11.2. The molecule has 14 heavy (non-hydrogen) atoms. The van der Waals surface area contributed by atoms with Crippen LogP contribution in [0.25, 0.3) is 0 Å². The molecule has 0 radical (unpaired) electrons. The highest BCUT2D eigenvalue weighted by atomic mass is 16.1. The first-order valence-corrected chi connectivity index (χ1v) is 4.40. The maximum Gasteiger partial charge on any atom is 0.161 e. The van der Waals surface area contributed by atoms with Gasteiger partial charge in [0.25, 0.3) is 0 Å². The van der Waals surface area contributed by atoms with Gasteiger partial charge in [0.05, 0.1) is 0 Å². The molecule has 1 aromatic carbocycles. The Balaban J connectivity index is 3.25. The Labute approximate surface area is 83.1 Å². The summed E-state index contributed by atoms with van der Waals surface area (Å²) >= 11 is 0. The number of ketones is 2. The van der Waals surface area contributed by atoms with Crippen molar-refractivity contribution in [1.82, 2.24) is 0 Å². The molecule has 0 aliphatic rings. The minimum atomic E-state index is -0.00977. The van der Waals surface area contributed by atoms with E-state index >= 15 is 0 Å². The summed E-state index contributed by atoms with van der Waals surface area (Å²) in [5.41, 5.74) is 1.92. The second-order valence-corrected chi connectivity index (χ2v) is 3.12. The molecule has 0 amide bonds. The van der Waals surface area contributed by atoms with Crippen LogP contribution in [-0.4, -0.2) is 18.6 Å². The molecule has 3 nitrogen and oxygen atoms in total. The van der Waals surface area contributed by atoms with Crippen molar-refractivity contribution >= 4 is 17.3 Å². The molecule has 0 aliphatic carbocycles. The van der Waals surface area contributed by atoms with Gasteiger partial charge in [-0.3, -0.25) is 9.59 Å². The predicted octanol–water partition coefficient (Wildman–Crippen LogP) is 2.13. The molecule has 3 heteroatoms. The van der Waals surface area contributed by atoms with E-state index in [0.29, 0.717) is 16.8 Å². The number of carbonyl (C=O) groups excluding carboxylic acids is 2. The summed E-state index contributed by atoms with van der Waals surface area (Å²) in [6.07, 6.45) is 0. The van der Waals surface area contributed by atoms with Crippen LogP contribution in [0.3, 0.4) is 0 Å². The summed E-state index contributed by atoms with van der Waals surface area (Å²) in [6, 6.07) is 5.03. The molecule has 0 aromatic heterocycles. The molecule has 0 heterocycles. The Morgan fingerprint density at radius 3 is 2.21 bits per heavy atom. The second-order valence-electron chi connectivity index (χ2n) is 3.12. The Bertz CT molecular complexity index is 383. The topological polar surface area (TPSA) is 46.2 Å². The SMILES string of the molecule is CNc1cc(C(C)=O)ccc1C(C)=O. The lowest BCUT2D eigenvalue weighted by molar-refractivity contribution is 0.100. The van der Waals surface area contributed by atoms with E-state index in [2.05, 4.69) is 5.32 Å². The molecule has 0 spiro atoms. The Morgan fingerprint density at radius 1 is 1.14 bits per heavy atom. The fourth-order valence-electron chi connectivity index (χ4n) is 1.28. The van der Waals surface area contributed by atoms with E-state index in [9.17, 15) is 9.59 Å². The smallest absolute Gasteiger partial charge is 0.161 e. The molecule has 74 valence electrons. The number of carbonyl (C=O) groups is 2. The summed E-state index contributed by atoms with van der Waals surface area (Å²) in [5, 5.41) is 2.90. The quantitative estimate of drug-likeness (QED) is 0.744. The predicted molar refractivity (Wildman–Crippen MR) is 56.0 cm³/mol. The van der Waals surface area contributed by atoms with Crippen molar-refractivity contribution < 1.29 is 9.59 Å². The summed E-state index contributed by atoms with van der Waals surface area (Å²) in [6.45, 7) is 3.01. The van der Waals surface area contributed by atoms with Gasteiger partial charge in [0, 0.05) is 23.9 Å². The highest BCUT2D eigenvalue weighted by Crippen LogP contribution is 2.18. The van der Waals surface area contributed by atoms with Crippen molar-refractivity contribution in [2.45, 2.75) is 13.8 Å². The molecule has 0 bridgehead atoms. The van der Waals surface area contributed by atoms with Gasteiger partial charge in [-0.25, -0.2) is 0 Å². The van der Waals surface area contributed by atoms with Gasteiger partial charge in [0.15, 0.2) is 11.6 Å². The van der Waals surface area contributed by atoms with Crippen LogP contribution in [0.5, 0.6) is 0 Å². The normalized spacial score (nSPS) is 9.64. The van der Waals surface area contributed by atoms with Gasteiger partial charge in [-0.1, -0.05) is 6.07 Å². The standard InChI is InChI=1S/C11H13NO2/c1-7(13)9-4-5-10(8(2)14)11(6-9)12-3/h4-6,12H,1-3H3. The van der Waals surface area contributed by atoms with Crippen molar-refractivity contribution in [2.24, 2.45) is 0 Å². The number of rotatable bonds is 3. The van der Waals surface area contributed by atoms with E-state index in [-0.39, 0.29) is 11.6 Å². The summed E-state index contributed by atoms with van der Waals surface area (Å²) < 4.78 is 0. The monoisotopic (exact) mass is 191 g/mol. The van der Waals surface area contributed by atoms with Crippen LogP contribution in [-0.2, 0) is 0 Å². The number of nitrogens with one attached hydrogen (secondary N) is 1. The zero-order valence-corrected chi connectivity index (χ0v) is 8.55. The molecule has 0 fully saturated rings. The fourth-order valence-corrected chi connectivity index (χ4v) is 1.28. The third-order valence-electron chi connectivity index (χ3n) is 2.07. The van der Waals surface area contributed by atoms with E-state index in [1.165, 1.54) is 13.8 Å². The van der Waals surface area contributed by atoms with E-state index < -0.39 is 0 Å². The van der Waals surface area contributed by atoms with Crippen LogP contribution in [0.2, 0.25) is 0 Å². The Hall–Kier alpha value is -1.64. The molecule has 0 atom stereocenters. The largest absolute Gasteiger partial charge is 0.388 e. The van der Waals surface area contributed by atoms with Gasteiger partial charge < -0.3 is 5.32 Å². The fraction of sp³-hybridized carbons (Fsp3) is 0.273. The minimum Gasteiger partial charge on any atom is -0.388 e. The zero-order valence-electron chi connectivity index (χ0n) is 8.55. The van der Waals surface area contributed by atoms with Crippen LogP contribution < -0.4 is 5.32 Å². The van der Waals surface area contributed by atoms with E-state index in [1.807, 2.05) is 0 Å². The zero-order chi connectivity index (χ0) is 10.7. The van der Waals surface area contributed by atoms with E-state index in [0.717, 1.165) is 0 Å². The first-order valence-electron chi connectivity index (χ1n) is 4.40. The van der Waals surface area contributed by atoms with Gasteiger partial charge >= 0.3 is 0 Å². The van der Waals surface area contributed by atoms with Crippen molar-refractivity contribution in [3.05, 3.63) is 29.3 Å². The van der Waals surface area contributed by atoms with Crippen LogP contribution in [0.1, 0.15) is 34.6 Å². The van der Waals surface area contributed by atoms with E-state index in [4.69, 9.17) is 0 Å². The van der Waals surface area contributed by atoms with Gasteiger partial charge in [-0.2, -0.15) is 0 Å². The molecule has 1 rings (SSSR count). The van der Waals surface area contributed by atoms with Crippen LogP contribution in [0.15, 0.2) is 18.2 Å². The van der Waals surface area contributed by atoms with Crippen molar-refractivity contribution in [1.29, 1.82) is 0 Å². The molecular formula is C11H13NO2. The average Bonchev–Trinajstić information content (AvgIpc) is 2.16. The number of benzene rings is 1. The van der Waals surface area contributed by atoms with Crippen molar-refractivity contribution in [2.75, 3.05) is 12.4 Å². The number of Topliss-reactive ketones (excluding diaryl/α,β-unsaturated/α-hetero) is 2. The molecule has 1 N–H and O–H groups in total. The van der Waals surface area contributed by atoms with Crippen molar-refractivity contribution in [3.8, 4) is 0 Å². The molecule has 0 aliphatic heterocycles. The number of hydrogen-bond acceptors (Lipinski definition) is 3. The summed E-state index contributed by atoms with van der Waals surface area (Å²) in [4.78, 5) is 22.3. The average molecular weight is 191 g/mol. The van der Waals surface area contributed by atoms with Gasteiger partial charge in [0.2, 0.25) is 0 Å². The summed E-state index contributed by atoms with van der Waals surface area (Å²) in [5.74, 6) is -0.0129. The lowest BCUT2D eigenvalue weighted by Crippen LogP contribution is -2.02. The number of hydrogen-bond donors (Lipinski definition) is 1. The second kappa shape index (κ2) is 4.05. The Morgan fingerprint density at radius 2 is 1.79 bits per heavy atom. The molecule has 0 saturated heterocycles. The minimum absolute atomic E-state index is 0.00315. The first kappa shape index (κ1) is 10.4. The lowest BCUT2D eigenvalue weighted by Gasteiger charge is -2.07. The van der Waals surface area contributed by atoms with Gasteiger partial charge in [-0.05, 0) is 26.0 Å². The van der Waals surface area contributed by atoms with Gasteiger partial charge in [0.1, 0.15) is 0 Å². The van der Waals surface area contributed by atoms with Gasteiger partial charge in [-0.15, -0.1) is 0 Å². The molecule has 0 saturated carbocycles.